The third-order valence-electron chi connectivity index (χ3n) is 8.15. The van der Waals surface area contributed by atoms with Gasteiger partial charge in [-0.2, -0.15) is 0 Å². The summed E-state index contributed by atoms with van der Waals surface area (Å²) in [5.41, 5.74) is 4.83. The van der Waals surface area contributed by atoms with Gasteiger partial charge in [0, 0.05) is 17.7 Å². The maximum Gasteiger partial charge on any atom is 0.238 e. The van der Waals surface area contributed by atoms with E-state index in [-0.39, 0.29) is 36.2 Å². The van der Waals surface area contributed by atoms with Crippen LogP contribution in [0.15, 0.2) is 90.1 Å². The number of benzene rings is 2. The Bertz CT molecular complexity index is 1450. The molecule has 3 aliphatic rings. The number of amides is 2. The van der Waals surface area contributed by atoms with Gasteiger partial charge in [-0.25, -0.2) is 0 Å². The maximum absolute atomic E-state index is 13.6. The molecule has 7 heteroatoms. The van der Waals surface area contributed by atoms with Crippen molar-refractivity contribution in [3.05, 3.63) is 101 Å². The van der Waals surface area contributed by atoms with E-state index in [4.69, 9.17) is 4.74 Å². The van der Waals surface area contributed by atoms with Crippen LogP contribution in [0, 0.1) is 17.8 Å². The number of phenols is 1. The number of rotatable bonds is 7. The van der Waals surface area contributed by atoms with Gasteiger partial charge in [0.05, 0.1) is 42.5 Å². The molecule has 39 heavy (non-hydrogen) atoms. The third kappa shape index (κ3) is 4.58. The van der Waals surface area contributed by atoms with Crippen LogP contribution in [0.1, 0.15) is 30.5 Å². The number of hydrogen-bond donors (Lipinski definition) is 2. The molecular weight excluding hydrogens is 492 g/mol. The molecule has 198 valence electrons. The van der Waals surface area contributed by atoms with Crippen molar-refractivity contribution >= 4 is 29.2 Å². The Labute approximate surface area is 227 Å². The fourth-order valence-electron chi connectivity index (χ4n) is 6.36. The minimum absolute atomic E-state index is 0.164. The molecule has 1 aliphatic carbocycles. The number of anilines is 1. The number of carbonyl (C=O) groups excluding carboxylic acids is 2. The van der Waals surface area contributed by atoms with Crippen LogP contribution in [0.2, 0.25) is 0 Å². The average molecular weight is 523 g/mol. The molecule has 7 nitrogen and oxygen atoms in total. The van der Waals surface area contributed by atoms with E-state index in [2.05, 4.69) is 4.98 Å². The Kier molecular flexibility index (Phi) is 6.85. The second-order valence-electron chi connectivity index (χ2n) is 10.3. The molecule has 2 saturated heterocycles. The number of imide groups is 1. The van der Waals surface area contributed by atoms with Crippen molar-refractivity contribution in [3.8, 4) is 5.75 Å². The summed E-state index contributed by atoms with van der Waals surface area (Å²) in [5, 5.41) is 20.7. The second-order valence-corrected chi connectivity index (χ2v) is 10.3. The van der Waals surface area contributed by atoms with Crippen LogP contribution in [0.4, 0.5) is 5.69 Å². The SMILES string of the molecule is O=C1[C@@H]2[C@@H](CC(CO)=C3[C@@H](CC/C(=C/c4ccccc4O)c4ccccn4)OC[C@@H]32)C(=O)N1c1ccccc1. The summed E-state index contributed by atoms with van der Waals surface area (Å²) in [6.45, 7) is 0.178. The molecular formula is C32H30N2O5. The van der Waals surface area contributed by atoms with Crippen LogP contribution in [0.3, 0.4) is 0 Å². The summed E-state index contributed by atoms with van der Waals surface area (Å²) >= 11 is 0. The molecule has 0 bridgehead atoms. The van der Waals surface area contributed by atoms with Gasteiger partial charge in [0.1, 0.15) is 5.75 Å². The van der Waals surface area contributed by atoms with E-state index in [0.717, 1.165) is 22.4 Å². The highest BCUT2D eigenvalue weighted by Gasteiger charge is 2.57. The minimum atomic E-state index is -0.486. The van der Waals surface area contributed by atoms with Crippen molar-refractivity contribution in [2.24, 2.45) is 17.8 Å². The lowest BCUT2D eigenvalue weighted by Gasteiger charge is -2.31. The third-order valence-corrected chi connectivity index (χ3v) is 8.15. The molecule has 3 heterocycles. The highest BCUT2D eigenvalue weighted by atomic mass is 16.5. The molecule has 3 aromatic rings. The molecule has 0 radical (unpaired) electrons. The number of ether oxygens (including phenoxy) is 1. The summed E-state index contributed by atoms with van der Waals surface area (Å²) in [5.74, 6) is -1.40. The van der Waals surface area contributed by atoms with Gasteiger partial charge in [0.15, 0.2) is 0 Å². The Hall–Kier alpha value is -4.07. The van der Waals surface area contributed by atoms with Crippen molar-refractivity contribution in [2.75, 3.05) is 18.1 Å². The summed E-state index contributed by atoms with van der Waals surface area (Å²) in [4.78, 5) is 32.8. The lowest BCUT2D eigenvalue weighted by Crippen LogP contribution is -2.35. The van der Waals surface area contributed by atoms with E-state index < -0.39 is 11.8 Å². The summed E-state index contributed by atoms with van der Waals surface area (Å²) in [7, 11) is 0. The average Bonchev–Trinajstić information content (AvgIpc) is 3.50. The molecule has 0 saturated carbocycles. The van der Waals surface area contributed by atoms with Crippen molar-refractivity contribution in [3.63, 3.8) is 0 Å². The van der Waals surface area contributed by atoms with Crippen LogP contribution in [0.25, 0.3) is 11.6 Å². The number of pyridine rings is 1. The first-order valence-corrected chi connectivity index (χ1v) is 13.3. The number of phenolic OH excluding ortho intramolecular Hbond substituents is 1. The fourth-order valence-corrected chi connectivity index (χ4v) is 6.36. The van der Waals surface area contributed by atoms with E-state index in [9.17, 15) is 19.8 Å². The zero-order valence-electron chi connectivity index (χ0n) is 21.4. The zero-order valence-corrected chi connectivity index (χ0v) is 21.4. The number of allylic oxidation sites excluding steroid dienone is 1. The highest BCUT2D eigenvalue weighted by molar-refractivity contribution is 6.22. The van der Waals surface area contributed by atoms with Crippen molar-refractivity contribution in [1.29, 1.82) is 0 Å². The van der Waals surface area contributed by atoms with Gasteiger partial charge in [-0.3, -0.25) is 19.5 Å². The summed E-state index contributed by atoms with van der Waals surface area (Å²) in [6.07, 6.45) is 5.00. The topological polar surface area (TPSA) is 100.0 Å². The van der Waals surface area contributed by atoms with Gasteiger partial charge >= 0.3 is 0 Å². The van der Waals surface area contributed by atoms with Gasteiger partial charge in [0.25, 0.3) is 0 Å². The number of aliphatic hydroxyl groups is 1. The predicted molar refractivity (Wildman–Crippen MR) is 147 cm³/mol. The quantitative estimate of drug-likeness (QED) is 0.347. The molecule has 0 spiro atoms. The molecule has 1 aromatic heterocycles. The van der Waals surface area contributed by atoms with Crippen molar-refractivity contribution < 1.29 is 24.5 Å². The van der Waals surface area contributed by atoms with Gasteiger partial charge in [0.2, 0.25) is 11.8 Å². The van der Waals surface area contributed by atoms with E-state index in [1.807, 2.05) is 54.6 Å². The molecule has 2 fully saturated rings. The van der Waals surface area contributed by atoms with E-state index in [0.29, 0.717) is 37.1 Å². The van der Waals surface area contributed by atoms with E-state index in [1.165, 1.54) is 4.90 Å². The predicted octanol–water partition coefficient (Wildman–Crippen LogP) is 4.62. The molecule has 0 unspecified atom stereocenters. The number of aromatic hydroxyl groups is 1. The first-order chi connectivity index (χ1) is 19.1. The molecule has 2 N–H and O–H groups in total. The Morgan fingerprint density at radius 1 is 0.974 bits per heavy atom. The monoisotopic (exact) mass is 522 g/mol. The molecule has 2 aromatic carbocycles. The van der Waals surface area contributed by atoms with Crippen LogP contribution in [0.5, 0.6) is 5.75 Å². The molecule has 6 rings (SSSR count). The number of nitrogens with zero attached hydrogens (tertiary/aromatic N) is 2. The highest BCUT2D eigenvalue weighted by Crippen LogP contribution is 2.50. The number of carbonyl (C=O) groups is 2. The van der Waals surface area contributed by atoms with Crippen LogP contribution < -0.4 is 4.90 Å². The Morgan fingerprint density at radius 3 is 2.49 bits per heavy atom. The van der Waals surface area contributed by atoms with Crippen molar-refractivity contribution in [1.82, 2.24) is 4.98 Å². The summed E-state index contributed by atoms with van der Waals surface area (Å²) < 4.78 is 6.28. The number of aromatic nitrogens is 1. The number of fused-ring (bicyclic) bond motifs is 3. The molecule has 2 aliphatic heterocycles. The van der Waals surface area contributed by atoms with Crippen molar-refractivity contribution in [2.45, 2.75) is 25.4 Å². The van der Waals surface area contributed by atoms with Gasteiger partial charge < -0.3 is 14.9 Å². The molecule has 4 atom stereocenters. The number of hydrogen-bond acceptors (Lipinski definition) is 6. The lowest BCUT2D eigenvalue weighted by molar-refractivity contribution is -0.122. The Morgan fingerprint density at radius 2 is 1.74 bits per heavy atom. The molecule has 2 amide bonds. The number of aliphatic hydroxyl groups excluding tert-OH is 1. The lowest BCUT2D eigenvalue weighted by atomic mass is 9.69. The van der Waals surface area contributed by atoms with Gasteiger partial charge in [-0.1, -0.05) is 42.5 Å². The minimum Gasteiger partial charge on any atom is -0.507 e. The first-order valence-electron chi connectivity index (χ1n) is 13.3. The second kappa shape index (κ2) is 10.6. The summed E-state index contributed by atoms with van der Waals surface area (Å²) in [6, 6.07) is 21.9. The van der Waals surface area contributed by atoms with Gasteiger partial charge in [-0.15, -0.1) is 0 Å². The van der Waals surface area contributed by atoms with Crippen LogP contribution in [-0.2, 0) is 14.3 Å². The standard InChI is InChI=1S/C32H30N2O5/c35-18-22-17-24-30(32(38)34(31(24)37)23-9-2-1-3-10-23)25-19-39-28(29(22)25)14-13-20(26-11-6-7-15-33-26)16-21-8-4-5-12-27(21)36/h1-12,15-16,24-25,28,30,35-36H,13-14,17-19H2/b20-16-/t24-,25+,28-,30-/m1/s1. The Balaban J connectivity index is 1.27. The van der Waals surface area contributed by atoms with Crippen LogP contribution in [-0.4, -0.2) is 46.3 Å². The van der Waals surface area contributed by atoms with Crippen LogP contribution >= 0.6 is 0 Å². The van der Waals surface area contributed by atoms with E-state index in [1.54, 1.807) is 30.5 Å². The first kappa shape index (κ1) is 25.2. The zero-order chi connectivity index (χ0) is 26.9. The normalized spacial score (nSPS) is 24.7. The van der Waals surface area contributed by atoms with E-state index >= 15 is 0 Å². The largest absolute Gasteiger partial charge is 0.507 e. The van der Waals surface area contributed by atoms with Gasteiger partial charge in [-0.05, 0) is 72.4 Å². The number of para-hydroxylation sites is 2. The fraction of sp³-hybridized carbons (Fsp3) is 0.281. The smallest absolute Gasteiger partial charge is 0.238 e. The maximum atomic E-state index is 13.6.